The zero-order valence-corrected chi connectivity index (χ0v) is 23.8. The number of amides is 2. The maximum absolute atomic E-state index is 14.1. The molecule has 4 aliphatic rings. The summed E-state index contributed by atoms with van der Waals surface area (Å²) in [4.78, 5) is 27.6. The Morgan fingerprint density at radius 1 is 0.927 bits per heavy atom. The molecule has 212 valence electrons. The highest BCUT2D eigenvalue weighted by Crippen LogP contribution is 2.61. The van der Waals surface area contributed by atoms with Crippen LogP contribution in [-0.4, -0.2) is 41.2 Å². The van der Waals surface area contributed by atoms with Gasteiger partial charge in [0, 0.05) is 25.2 Å². The average Bonchev–Trinajstić information content (AvgIpc) is 3.67. The summed E-state index contributed by atoms with van der Waals surface area (Å²) in [7, 11) is 1.82. The molecule has 0 aliphatic heterocycles. The highest BCUT2D eigenvalue weighted by atomic mass is 16.2. The van der Waals surface area contributed by atoms with Crippen LogP contribution in [-0.2, 0) is 19.0 Å². The minimum atomic E-state index is -0.350. The van der Waals surface area contributed by atoms with Crippen LogP contribution in [0.4, 0.5) is 11.4 Å². The fourth-order valence-corrected chi connectivity index (χ4v) is 7.99. The molecule has 41 heavy (non-hydrogen) atoms. The molecule has 1 aromatic carbocycles. The van der Waals surface area contributed by atoms with Gasteiger partial charge in [-0.3, -0.25) is 19.0 Å². The Bertz CT molecular complexity index is 1590. The number of carbonyl (C=O) groups excluding carboxylic acids is 2. The normalized spacial score (nSPS) is 24.5. The first-order valence-corrected chi connectivity index (χ1v) is 14.7. The molecular formula is C31H36N8O2. The lowest BCUT2D eigenvalue weighted by molar-refractivity contribution is -0.00765. The third-order valence-corrected chi connectivity index (χ3v) is 9.61. The van der Waals surface area contributed by atoms with Crippen molar-refractivity contribution in [3.8, 4) is 5.69 Å². The van der Waals surface area contributed by atoms with E-state index in [2.05, 4.69) is 20.8 Å². The lowest BCUT2D eigenvalue weighted by atomic mass is 9.48. The van der Waals surface area contributed by atoms with Crippen LogP contribution in [0.25, 0.3) is 5.69 Å². The van der Waals surface area contributed by atoms with Crippen LogP contribution in [0.1, 0.15) is 77.7 Å². The van der Waals surface area contributed by atoms with Crippen molar-refractivity contribution in [3.05, 3.63) is 71.6 Å². The van der Waals surface area contributed by atoms with Crippen molar-refractivity contribution in [2.45, 2.75) is 64.3 Å². The van der Waals surface area contributed by atoms with E-state index < -0.39 is 0 Å². The van der Waals surface area contributed by atoms with Crippen LogP contribution in [0, 0.1) is 24.7 Å². The lowest BCUT2D eigenvalue weighted by Gasteiger charge is -2.56. The number of benzene rings is 1. The van der Waals surface area contributed by atoms with Crippen molar-refractivity contribution in [2.24, 2.45) is 24.8 Å². The van der Waals surface area contributed by atoms with E-state index in [4.69, 9.17) is 5.10 Å². The number of hydrogen-bond acceptors (Lipinski definition) is 5. The summed E-state index contributed by atoms with van der Waals surface area (Å²) in [6.07, 6.45) is 12.3. The molecule has 0 atom stereocenters. The topological polar surface area (TPSA) is 112 Å². The van der Waals surface area contributed by atoms with Crippen LogP contribution in [0.2, 0.25) is 0 Å². The number of anilines is 2. The van der Waals surface area contributed by atoms with E-state index in [0.717, 1.165) is 36.3 Å². The van der Waals surface area contributed by atoms with Gasteiger partial charge in [0.05, 0.1) is 46.4 Å². The smallest absolute Gasteiger partial charge is 0.276 e. The predicted molar refractivity (Wildman–Crippen MR) is 155 cm³/mol. The summed E-state index contributed by atoms with van der Waals surface area (Å²) in [6, 6.07) is 9.95. The van der Waals surface area contributed by atoms with E-state index in [0.29, 0.717) is 46.9 Å². The molecule has 4 bridgehead atoms. The molecule has 8 rings (SSSR count). The Hall–Kier alpha value is -4.21. The van der Waals surface area contributed by atoms with Crippen molar-refractivity contribution in [3.63, 3.8) is 0 Å². The Kier molecular flexibility index (Phi) is 6.10. The molecule has 4 fully saturated rings. The van der Waals surface area contributed by atoms with E-state index >= 15 is 0 Å². The number of carbonyl (C=O) groups is 2. The molecule has 0 saturated heterocycles. The minimum absolute atomic E-state index is 0.0763. The minimum Gasteiger partial charge on any atom is -0.318 e. The molecule has 10 heteroatoms. The van der Waals surface area contributed by atoms with Crippen molar-refractivity contribution < 1.29 is 9.59 Å². The molecule has 3 heterocycles. The fourth-order valence-electron chi connectivity index (χ4n) is 7.99. The van der Waals surface area contributed by atoms with Gasteiger partial charge in [0.1, 0.15) is 5.69 Å². The van der Waals surface area contributed by atoms with E-state index in [-0.39, 0.29) is 17.2 Å². The van der Waals surface area contributed by atoms with Gasteiger partial charge in [-0.15, -0.1) is 0 Å². The van der Waals surface area contributed by atoms with Crippen LogP contribution >= 0.6 is 0 Å². The van der Waals surface area contributed by atoms with E-state index in [1.807, 2.05) is 62.1 Å². The highest BCUT2D eigenvalue weighted by Gasteiger charge is 2.54. The van der Waals surface area contributed by atoms with Gasteiger partial charge in [-0.1, -0.05) is 18.2 Å². The molecule has 2 N–H and O–H groups in total. The predicted octanol–water partition coefficient (Wildman–Crippen LogP) is 5.10. The first-order chi connectivity index (χ1) is 19.8. The maximum Gasteiger partial charge on any atom is 0.276 e. The first kappa shape index (κ1) is 25.7. The van der Waals surface area contributed by atoms with Gasteiger partial charge in [-0.2, -0.15) is 15.3 Å². The molecule has 0 unspecified atom stereocenters. The number of aryl methyl sites for hydroxylation is 2. The SMILES string of the molecule is CCn1ncc(NC(=O)c2cn(-c3ccccc3)nc2C23CC4CC(CC(C4)C2)C3)c1C(=O)Nc1cnn(C)c1C. The number of nitrogens with one attached hydrogen (secondary N) is 2. The summed E-state index contributed by atoms with van der Waals surface area (Å²) in [5, 5.41) is 19.7. The van der Waals surface area contributed by atoms with Gasteiger partial charge in [-0.25, -0.2) is 4.68 Å². The van der Waals surface area contributed by atoms with Crippen LogP contribution in [0.5, 0.6) is 0 Å². The zero-order chi connectivity index (χ0) is 28.3. The largest absolute Gasteiger partial charge is 0.318 e. The summed E-state index contributed by atoms with van der Waals surface area (Å²) in [6.45, 7) is 4.29. The molecule has 2 amide bonds. The third-order valence-electron chi connectivity index (χ3n) is 9.61. The highest BCUT2D eigenvalue weighted by molar-refractivity contribution is 6.12. The summed E-state index contributed by atoms with van der Waals surface area (Å²) < 4.78 is 5.15. The zero-order valence-electron chi connectivity index (χ0n) is 23.8. The maximum atomic E-state index is 14.1. The molecule has 0 radical (unpaired) electrons. The van der Waals surface area contributed by atoms with Gasteiger partial charge < -0.3 is 10.6 Å². The summed E-state index contributed by atoms with van der Waals surface area (Å²) in [5.74, 6) is 1.53. The number of aromatic nitrogens is 6. The van der Waals surface area contributed by atoms with E-state index in [1.165, 1.54) is 19.3 Å². The third kappa shape index (κ3) is 4.36. The molecule has 10 nitrogen and oxygen atoms in total. The van der Waals surface area contributed by atoms with E-state index in [1.54, 1.807) is 21.8 Å². The number of hydrogen-bond donors (Lipinski definition) is 2. The number of nitrogens with zero attached hydrogens (tertiary/aromatic N) is 6. The van der Waals surface area contributed by atoms with E-state index in [9.17, 15) is 9.59 Å². The summed E-state index contributed by atoms with van der Waals surface area (Å²) >= 11 is 0. The van der Waals surface area contributed by atoms with Gasteiger partial charge in [0.25, 0.3) is 11.8 Å². The Morgan fingerprint density at radius 3 is 2.17 bits per heavy atom. The Morgan fingerprint density at radius 2 is 1.56 bits per heavy atom. The van der Waals surface area contributed by atoms with Crippen molar-refractivity contribution in [2.75, 3.05) is 10.6 Å². The van der Waals surface area contributed by atoms with Crippen molar-refractivity contribution >= 4 is 23.2 Å². The monoisotopic (exact) mass is 552 g/mol. The van der Waals surface area contributed by atoms with Crippen LogP contribution in [0.3, 0.4) is 0 Å². The van der Waals surface area contributed by atoms with Crippen LogP contribution < -0.4 is 10.6 Å². The molecule has 4 saturated carbocycles. The molecular weight excluding hydrogens is 516 g/mol. The molecule has 4 aliphatic carbocycles. The van der Waals surface area contributed by atoms with Crippen molar-refractivity contribution in [1.29, 1.82) is 0 Å². The van der Waals surface area contributed by atoms with Crippen LogP contribution in [0.15, 0.2) is 48.9 Å². The van der Waals surface area contributed by atoms with Crippen molar-refractivity contribution in [1.82, 2.24) is 29.3 Å². The summed E-state index contributed by atoms with van der Waals surface area (Å²) in [5.41, 5.74) is 4.45. The number of rotatable bonds is 7. The Labute approximate surface area is 239 Å². The fraction of sp³-hybridized carbons (Fsp3) is 0.452. The number of para-hydroxylation sites is 1. The molecule has 4 aromatic rings. The van der Waals surface area contributed by atoms with Gasteiger partial charge in [-0.05, 0) is 82.3 Å². The first-order valence-electron chi connectivity index (χ1n) is 14.7. The average molecular weight is 553 g/mol. The quantitative estimate of drug-likeness (QED) is 0.331. The lowest BCUT2D eigenvalue weighted by Crippen LogP contribution is -2.49. The van der Waals surface area contributed by atoms with Gasteiger partial charge >= 0.3 is 0 Å². The van der Waals surface area contributed by atoms with Gasteiger partial charge in [0.15, 0.2) is 0 Å². The molecule has 0 spiro atoms. The second kappa shape index (κ2) is 9.71. The molecule has 3 aromatic heterocycles. The standard InChI is InChI=1S/C31H36N8O2/c1-4-38-27(30(41)34-25-16-32-37(3)19(25)2)26(17-33-38)35-29(40)24-18-39(23-8-6-5-7-9-23)36-28(24)31-13-20-10-21(14-31)12-22(11-20)15-31/h5-9,16-18,20-22H,4,10-15H2,1-3H3,(H,34,41)(H,35,40). The Balaban J connectivity index is 1.24. The van der Waals surface area contributed by atoms with Gasteiger partial charge in [0.2, 0.25) is 0 Å². The second-order valence-corrected chi connectivity index (χ2v) is 12.3. The second-order valence-electron chi connectivity index (χ2n) is 12.3.